The molecule has 1 unspecified atom stereocenters. The summed E-state index contributed by atoms with van der Waals surface area (Å²) in [5.41, 5.74) is 1.89. The van der Waals surface area contributed by atoms with Gasteiger partial charge in [-0.3, -0.25) is 4.79 Å². The maximum absolute atomic E-state index is 13.2. The number of rotatable bonds is 1. The molecule has 2 aliphatic rings. The predicted molar refractivity (Wildman–Crippen MR) is 64.4 cm³/mol. The van der Waals surface area contributed by atoms with Gasteiger partial charge in [0, 0.05) is 17.6 Å². The molecule has 1 fully saturated rings. The highest BCUT2D eigenvalue weighted by Crippen LogP contribution is 2.37. The van der Waals surface area contributed by atoms with E-state index in [1.54, 1.807) is 12.1 Å². The first kappa shape index (κ1) is 10.8. The number of amides is 1. The number of halogens is 1. The van der Waals surface area contributed by atoms with Crippen molar-refractivity contribution < 1.29 is 9.18 Å². The second-order valence-electron chi connectivity index (χ2n) is 5.14. The molecule has 1 aromatic rings. The van der Waals surface area contributed by atoms with E-state index in [9.17, 15) is 9.18 Å². The average molecular weight is 233 g/mol. The topological polar surface area (TPSA) is 20.3 Å². The van der Waals surface area contributed by atoms with Crippen LogP contribution in [0.1, 0.15) is 31.7 Å². The smallest absolute Gasteiger partial charge is 0.230 e. The van der Waals surface area contributed by atoms with Crippen molar-refractivity contribution >= 4 is 11.6 Å². The third-order valence-corrected chi connectivity index (χ3v) is 3.74. The van der Waals surface area contributed by atoms with Crippen molar-refractivity contribution in [3.63, 3.8) is 0 Å². The Kier molecular flexibility index (Phi) is 2.42. The van der Waals surface area contributed by atoms with Gasteiger partial charge in [0.05, 0.1) is 0 Å². The van der Waals surface area contributed by atoms with Gasteiger partial charge in [-0.25, -0.2) is 4.39 Å². The molecule has 1 aliphatic heterocycles. The number of benzene rings is 1. The normalized spacial score (nSPS) is 23.4. The molecule has 0 N–H and O–H groups in total. The van der Waals surface area contributed by atoms with Crippen LogP contribution in [0.5, 0.6) is 0 Å². The lowest BCUT2D eigenvalue weighted by Crippen LogP contribution is -2.43. The summed E-state index contributed by atoms with van der Waals surface area (Å²) in [4.78, 5) is 14.1. The number of carbonyl (C=O) groups excluding carboxylic acids is 1. The van der Waals surface area contributed by atoms with E-state index in [2.05, 4.69) is 6.92 Å². The lowest BCUT2D eigenvalue weighted by molar-refractivity contribution is -0.120. The standard InChI is InChI=1S/C14H16FNO/c1-9-2-3-11-8-12(15)6-7-13(11)16(9)14(17)10-4-5-10/h6-10H,2-5H2,1H3. The molecule has 1 aliphatic carbocycles. The van der Waals surface area contributed by atoms with Crippen LogP contribution >= 0.6 is 0 Å². The number of carbonyl (C=O) groups is 1. The Morgan fingerprint density at radius 2 is 2.12 bits per heavy atom. The van der Waals surface area contributed by atoms with E-state index in [0.717, 1.165) is 36.9 Å². The number of anilines is 1. The van der Waals surface area contributed by atoms with Gasteiger partial charge in [0.25, 0.3) is 0 Å². The Labute approximate surface area is 100 Å². The van der Waals surface area contributed by atoms with Crippen molar-refractivity contribution in [2.45, 2.75) is 38.6 Å². The molecular weight excluding hydrogens is 217 g/mol. The van der Waals surface area contributed by atoms with Crippen LogP contribution in [0, 0.1) is 11.7 Å². The maximum atomic E-state index is 13.2. The van der Waals surface area contributed by atoms with E-state index in [1.165, 1.54) is 6.07 Å². The van der Waals surface area contributed by atoms with Gasteiger partial charge in [0.2, 0.25) is 5.91 Å². The zero-order valence-corrected chi connectivity index (χ0v) is 9.95. The van der Waals surface area contributed by atoms with Crippen molar-refractivity contribution in [3.8, 4) is 0 Å². The Bertz CT molecular complexity index is 467. The summed E-state index contributed by atoms with van der Waals surface area (Å²) in [6.07, 6.45) is 3.81. The Hall–Kier alpha value is -1.38. The summed E-state index contributed by atoms with van der Waals surface area (Å²) in [6, 6.07) is 5.00. The number of hydrogen-bond donors (Lipinski definition) is 0. The first-order valence-corrected chi connectivity index (χ1v) is 6.28. The molecule has 3 rings (SSSR count). The van der Waals surface area contributed by atoms with Crippen LogP contribution in [-0.4, -0.2) is 11.9 Å². The lowest BCUT2D eigenvalue weighted by Gasteiger charge is -2.35. The molecule has 3 heteroatoms. The summed E-state index contributed by atoms with van der Waals surface area (Å²) >= 11 is 0. The fraction of sp³-hybridized carbons (Fsp3) is 0.500. The van der Waals surface area contributed by atoms with Gasteiger partial charge in [0.15, 0.2) is 0 Å². The zero-order valence-electron chi connectivity index (χ0n) is 9.95. The van der Waals surface area contributed by atoms with Crippen molar-refractivity contribution in [2.24, 2.45) is 5.92 Å². The number of fused-ring (bicyclic) bond motifs is 1. The first-order chi connectivity index (χ1) is 8.16. The third-order valence-electron chi connectivity index (χ3n) is 3.74. The van der Waals surface area contributed by atoms with Gasteiger partial charge in [0.1, 0.15) is 5.82 Å². The molecule has 0 bridgehead atoms. The fourth-order valence-electron chi connectivity index (χ4n) is 2.58. The van der Waals surface area contributed by atoms with Crippen molar-refractivity contribution in [2.75, 3.05) is 4.90 Å². The van der Waals surface area contributed by atoms with Crippen molar-refractivity contribution in [3.05, 3.63) is 29.6 Å². The molecule has 0 spiro atoms. The van der Waals surface area contributed by atoms with Gasteiger partial charge < -0.3 is 4.90 Å². The Morgan fingerprint density at radius 1 is 1.35 bits per heavy atom. The number of aryl methyl sites for hydroxylation is 1. The monoisotopic (exact) mass is 233 g/mol. The van der Waals surface area contributed by atoms with Crippen LogP contribution in [-0.2, 0) is 11.2 Å². The summed E-state index contributed by atoms with van der Waals surface area (Å²) in [6.45, 7) is 2.08. The highest BCUT2D eigenvalue weighted by molar-refractivity contribution is 5.98. The molecule has 1 atom stereocenters. The molecule has 1 amide bonds. The first-order valence-electron chi connectivity index (χ1n) is 6.28. The van der Waals surface area contributed by atoms with Gasteiger partial charge in [-0.1, -0.05) is 0 Å². The SMILES string of the molecule is CC1CCc2cc(F)ccc2N1C(=O)C1CC1. The summed E-state index contributed by atoms with van der Waals surface area (Å²) in [5, 5.41) is 0. The van der Waals surface area contributed by atoms with E-state index in [4.69, 9.17) is 0 Å². The van der Waals surface area contributed by atoms with Crippen LogP contribution in [0.4, 0.5) is 10.1 Å². The minimum atomic E-state index is -0.211. The third kappa shape index (κ3) is 1.84. The molecule has 1 aromatic carbocycles. The van der Waals surface area contributed by atoms with Gasteiger partial charge in [-0.2, -0.15) is 0 Å². The van der Waals surface area contributed by atoms with Gasteiger partial charge >= 0.3 is 0 Å². The molecule has 0 saturated heterocycles. The lowest BCUT2D eigenvalue weighted by atomic mass is 9.96. The molecule has 0 radical (unpaired) electrons. The summed E-state index contributed by atoms with van der Waals surface area (Å²) in [5.74, 6) is 0.232. The highest BCUT2D eigenvalue weighted by atomic mass is 19.1. The summed E-state index contributed by atoms with van der Waals surface area (Å²) < 4.78 is 13.2. The molecule has 0 aromatic heterocycles. The Balaban J connectivity index is 2.00. The van der Waals surface area contributed by atoms with E-state index in [-0.39, 0.29) is 23.7 Å². The van der Waals surface area contributed by atoms with Crippen LogP contribution in [0.15, 0.2) is 18.2 Å². The van der Waals surface area contributed by atoms with Crippen molar-refractivity contribution in [1.29, 1.82) is 0 Å². The van der Waals surface area contributed by atoms with Crippen LogP contribution in [0.3, 0.4) is 0 Å². The van der Waals surface area contributed by atoms with E-state index < -0.39 is 0 Å². The van der Waals surface area contributed by atoms with Gasteiger partial charge in [-0.05, 0) is 56.4 Å². The molecule has 1 saturated carbocycles. The molecule has 90 valence electrons. The zero-order chi connectivity index (χ0) is 12.0. The van der Waals surface area contributed by atoms with Crippen LogP contribution in [0.2, 0.25) is 0 Å². The minimum absolute atomic E-state index is 0.211. The quantitative estimate of drug-likeness (QED) is 0.730. The van der Waals surface area contributed by atoms with Gasteiger partial charge in [-0.15, -0.1) is 0 Å². The number of nitrogens with zero attached hydrogens (tertiary/aromatic N) is 1. The molecule has 17 heavy (non-hydrogen) atoms. The fourth-order valence-corrected chi connectivity index (χ4v) is 2.58. The van der Waals surface area contributed by atoms with E-state index >= 15 is 0 Å². The summed E-state index contributed by atoms with van der Waals surface area (Å²) in [7, 11) is 0. The number of hydrogen-bond acceptors (Lipinski definition) is 1. The second kappa shape index (κ2) is 3.83. The maximum Gasteiger partial charge on any atom is 0.230 e. The van der Waals surface area contributed by atoms with Crippen LogP contribution in [0.25, 0.3) is 0 Å². The predicted octanol–water partition coefficient (Wildman–Crippen LogP) is 2.90. The van der Waals surface area contributed by atoms with E-state index in [0.29, 0.717) is 0 Å². The van der Waals surface area contributed by atoms with Crippen LogP contribution < -0.4 is 4.90 Å². The second-order valence-corrected chi connectivity index (χ2v) is 5.14. The largest absolute Gasteiger partial charge is 0.309 e. The van der Waals surface area contributed by atoms with E-state index in [1.807, 2.05) is 4.90 Å². The molecule has 2 nitrogen and oxygen atoms in total. The highest BCUT2D eigenvalue weighted by Gasteiger charge is 2.38. The average Bonchev–Trinajstić information content (AvgIpc) is 3.12. The Morgan fingerprint density at radius 3 is 2.82 bits per heavy atom. The minimum Gasteiger partial charge on any atom is -0.309 e. The van der Waals surface area contributed by atoms with Crippen molar-refractivity contribution in [1.82, 2.24) is 0 Å². The molecule has 1 heterocycles. The molecular formula is C14H16FNO.